The third-order valence-electron chi connectivity index (χ3n) is 13.0. The van der Waals surface area contributed by atoms with Crippen LogP contribution >= 0.6 is 0 Å². The number of unbranched alkanes of at least 4 members (excludes halogenated alkanes) is 35. The van der Waals surface area contributed by atoms with Crippen molar-refractivity contribution >= 4 is 17.9 Å². The molecule has 0 aromatic heterocycles. The van der Waals surface area contributed by atoms with Crippen LogP contribution in [0.1, 0.15) is 310 Å². The van der Waals surface area contributed by atoms with Crippen molar-refractivity contribution in [2.75, 3.05) is 13.2 Å². The van der Waals surface area contributed by atoms with Crippen molar-refractivity contribution in [1.29, 1.82) is 0 Å². The summed E-state index contributed by atoms with van der Waals surface area (Å²) in [4.78, 5) is 38.2. The van der Waals surface area contributed by atoms with Gasteiger partial charge in [0, 0.05) is 19.3 Å². The molecule has 6 nitrogen and oxygen atoms in total. The lowest BCUT2D eigenvalue weighted by Gasteiger charge is -2.18. The third kappa shape index (κ3) is 54.3. The maximum Gasteiger partial charge on any atom is 0.306 e. The molecule has 0 aromatic carbocycles. The van der Waals surface area contributed by atoms with E-state index in [0.717, 1.165) is 77.0 Å². The number of esters is 3. The summed E-state index contributed by atoms with van der Waals surface area (Å²) in [6.45, 7) is 6.63. The number of carbonyl (C=O) groups excluding carboxylic acids is 3. The predicted molar refractivity (Wildman–Crippen MR) is 293 cm³/mol. The smallest absolute Gasteiger partial charge is 0.306 e. The molecule has 0 radical (unpaired) electrons. The molecular formula is C62H112O6. The van der Waals surface area contributed by atoms with E-state index in [1.807, 2.05) is 0 Å². The molecule has 0 spiro atoms. The quantitative estimate of drug-likeness (QED) is 0.0262. The highest BCUT2D eigenvalue weighted by atomic mass is 16.6. The first-order valence-electron chi connectivity index (χ1n) is 29.6. The summed E-state index contributed by atoms with van der Waals surface area (Å²) >= 11 is 0. The van der Waals surface area contributed by atoms with Crippen molar-refractivity contribution in [2.24, 2.45) is 0 Å². The number of allylic oxidation sites excluding steroid dienone is 8. The third-order valence-corrected chi connectivity index (χ3v) is 13.0. The molecule has 0 saturated heterocycles. The molecule has 0 bridgehead atoms. The second-order valence-corrected chi connectivity index (χ2v) is 19.9. The molecule has 0 amide bonds. The van der Waals surface area contributed by atoms with Gasteiger partial charge in [-0.25, -0.2) is 0 Å². The standard InChI is InChI=1S/C62H112O6/c1-4-7-10-13-16-19-22-25-28-30-32-34-37-40-43-46-49-52-55-61(64)67-58-59(57-66-60(63)54-51-48-45-42-39-36-33-27-24-21-18-15-12-9-6-3)68-62(65)56-53-50-47-44-41-38-35-31-29-26-23-20-17-14-11-8-5-2/h19,22,26-30,33,59H,4-18,20-21,23-25,31-32,34-58H2,1-3H3/b22-19-,29-26-,30-28-,33-27-. The molecule has 1 unspecified atom stereocenters. The van der Waals surface area contributed by atoms with Crippen molar-refractivity contribution in [3.8, 4) is 0 Å². The van der Waals surface area contributed by atoms with Crippen LogP contribution in [0.2, 0.25) is 0 Å². The predicted octanol–water partition coefficient (Wildman–Crippen LogP) is 19.8. The van der Waals surface area contributed by atoms with Gasteiger partial charge in [-0.3, -0.25) is 14.4 Å². The Bertz CT molecular complexity index is 1190. The van der Waals surface area contributed by atoms with Crippen LogP contribution in [-0.4, -0.2) is 37.2 Å². The van der Waals surface area contributed by atoms with Crippen LogP contribution in [0, 0.1) is 0 Å². The van der Waals surface area contributed by atoms with E-state index in [4.69, 9.17) is 14.2 Å². The zero-order valence-electron chi connectivity index (χ0n) is 45.4. The van der Waals surface area contributed by atoms with E-state index < -0.39 is 6.10 Å². The largest absolute Gasteiger partial charge is 0.462 e. The second kappa shape index (κ2) is 57.0. The summed E-state index contributed by atoms with van der Waals surface area (Å²) in [5, 5.41) is 0. The van der Waals surface area contributed by atoms with Gasteiger partial charge in [-0.05, 0) is 103 Å². The van der Waals surface area contributed by atoms with E-state index in [2.05, 4.69) is 69.4 Å². The first kappa shape index (κ1) is 65.4. The van der Waals surface area contributed by atoms with E-state index in [-0.39, 0.29) is 31.1 Å². The first-order chi connectivity index (χ1) is 33.5. The Morgan fingerprint density at radius 3 is 0.838 bits per heavy atom. The van der Waals surface area contributed by atoms with Gasteiger partial charge in [0.2, 0.25) is 0 Å². The molecule has 396 valence electrons. The van der Waals surface area contributed by atoms with Crippen molar-refractivity contribution < 1.29 is 28.6 Å². The van der Waals surface area contributed by atoms with Gasteiger partial charge in [0.1, 0.15) is 13.2 Å². The van der Waals surface area contributed by atoms with Crippen LogP contribution in [-0.2, 0) is 28.6 Å². The summed E-state index contributed by atoms with van der Waals surface area (Å²) in [5.74, 6) is -0.886. The minimum atomic E-state index is -0.781. The van der Waals surface area contributed by atoms with Gasteiger partial charge in [0.25, 0.3) is 0 Å². The van der Waals surface area contributed by atoms with Crippen molar-refractivity contribution in [3.63, 3.8) is 0 Å². The number of carbonyl (C=O) groups is 3. The van der Waals surface area contributed by atoms with Gasteiger partial charge >= 0.3 is 17.9 Å². The highest BCUT2D eigenvalue weighted by Crippen LogP contribution is 2.15. The Morgan fingerprint density at radius 2 is 0.529 bits per heavy atom. The zero-order valence-corrected chi connectivity index (χ0v) is 45.4. The Kier molecular flexibility index (Phi) is 54.8. The summed E-state index contributed by atoms with van der Waals surface area (Å²) in [6, 6.07) is 0. The Hall–Kier alpha value is -2.63. The van der Waals surface area contributed by atoms with E-state index in [0.29, 0.717) is 19.3 Å². The average molecular weight is 954 g/mol. The lowest BCUT2D eigenvalue weighted by atomic mass is 10.1. The summed E-state index contributed by atoms with van der Waals surface area (Å²) in [6.07, 6.45) is 69.5. The van der Waals surface area contributed by atoms with Gasteiger partial charge in [0.15, 0.2) is 6.10 Å². The number of hydrogen-bond donors (Lipinski definition) is 0. The minimum absolute atomic E-state index is 0.0801. The average Bonchev–Trinajstić information content (AvgIpc) is 3.34. The van der Waals surface area contributed by atoms with Crippen LogP contribution in [0.25, 0.3) is 0 Å². The number of rotatable bonds is 54. The molecule has 0 heterocycles. The summed E-state index contributed by atoms with van der Waals surface area (Å²) in [5.41, 5.74) is 0. The lowest BCUT2D eigenvalue weighted by molar-refractivity contribution is -0.167. The Balaban J connectivity index is 4.39. The van der Waals surface area contributed by atoms with Gasteiger partial charge < -0.3 is 14.2 Å². The van der Waals surface area contributed by atoms with Gasteiger partial charge in [-0.1, -0.05) is 236 Å². The SMILES string of the molecule is CCCCCC/C=C\C/C=C\CCCCCCCCCC(=O)OCC(COC(=O)CCCCCCC/C=C\CCCCCCCC)OC(=O)CCCCCCCCC/C=C\CCCCCCCC. The molecule has 0 N–H and O–H groups in total. The number of ether oxygens (including phenoxy) is 3. The first-order valence-corrected chi connectivity index (χ1v) is 29.6. The van der Waals surface area contributed by atoms with Crippen molar-refractivity contribution in [2.45, 2.75) is 316 Å². The maximum atomic E-state index is 12.9. The number of hydrogen-bond acceptors (Lipinski definition) is 6. The molecule has 6 heteroatoms. The molecular weight excluding hydrogens is 841 g/mol. The van der Waals surface area contributed by atoms with Crippen LogP contribution in [0.15, 0.2) is 48.6 Å². The molecule has 0 rings (SSSR count). The van der Waals surface area contributed by atoms with Crippen molar-refractivity contribution in [1.82, 2.24) is 0 Å². The fourth-order valence-corrected chi connectivity index (χ4v) is 8.52. The van der Waals surface area contributed by atoms with Crippen LogP contribution in [0.5, 0.6) is 0 Å². The van der Waals surface area contributed by atoms with Crippen molar-refractivity contribution in [3.05, 3.63) is 48.6 Å². The Labute approximate surface area is 422 Å². The van der Waals surface area contributed by atoms with E-state index in [1.54, 1.807) is 0 Å². The van der Waals surface area contributed by atoms with Gasteiger partial charge in [-0.2, -0.15) is 0 Å². The normalized spacial score (nSPS) is 12.3. The molecule has 68 heavy (non-hydrogen) atoms. The minimum Gasteiger partial charge on any atom is -0.462 e. The Morgan fingerprint density at radius 1 is 0.294 bits per heavy atom. The summed E-state index contributed by atoms with van der Waals surface area (Å²) < 4.78 is 16.9. The van der Waals surface area contributed by atoms with E-state index in [9.17, 15) is 14.4 Å². The van der Waals surface area contributed by atoms with Gasteiger partial charge in [0.05, 0.1) is 0 Å². The zero-order chi connectivity index (χ0) is 49.3. The second-order valence-electron chi connectivity index (χ2n) is 19.9. The monoisotopic (exact) mass is 953 g/mol. The van der Waals surface area contributed by atoms with Gasteiger partial charge in [-0.15, -0.1) is 0 Å². The highest BCUT2D eigenvalue weighted by molar-refractivity contribution is 5.71. The molecule has 0 aliphatic carbocycles. The molecule has 0 saturated carbocycles. The van der Waals surface area contributed by atoms with E-state index in [1.165, 1.54) is 193 Å². The maximum absolute atomic E-state index is 12.9. The van der Waals surface area contributed by atoms with E-state index >= 15 is 0 Å². The fourth-order valence-electron chi connectivity index (χ4n) is 8.52. The fraction of sp³-hybridized carbons (Fsp3) is 0.823. The molecule has 0 aliphatic rings. The van der Waals surface area contributed by atoms with Crippen LogP contribution in [0.3, 0.4) is 0 Å². The van der Waals surface area contributed by atoms with Crippen LogP contribution < -0.4 is 0 Å². The molecule has 1 atom stereocenters. The van der Waals surface area contributed by atoms with Crippen LogP contribution in [0.4, 0.5) is 0 Å². The highest BCUT2D eigenvalue weighted by Gasteiger charge is 2.19. The lowest BCUT2D eigenvalue weighted by Crippen LogP contribution is -2.30. The molecule has 0 fully saturated rings. The summed E-state index contributed by atoms with van der Waals surface area (Å²) in [7, 11) is 0. The topological polar surface area (TPSA) is 78.9 Å². The molecule has 0 aliphatic heterocycles. The molecule has 0 aromatic rings.